The van der Waals surface area contributed by atoms with Crippen LogP contribution < -0.4 is 21.7 Å². The second-order valence-electron chi connectivity index (χ2n) is 12.6. The minimum absolute atomic E-state index is 0.0342. The summed E-state index contributed by atoms with van der Waals surface area (Å²) in [5, 5.41) is 8.03. The van der Waals surface area contributed by atoms with Crippen LogP contribution in [0.3, 0.4) is 0 Å². The van der Waals surface area contributed by atoms with Crippen molar-refractivity contribution in [1.82, 2.24) is 16.0 Å². The van der Waals surface area contributed by atoms with Crippen molar-refractivity contribution < 1.29 is 33.4 Å². The Kier molecular flexibility index (Phi) is 16.4. The first-order valence-electron chi connectivity index (χ1n) is 15.3. The number of Topliss-reactive ketones (excluding diaryl/α,β-unsaturated/α-hetero) is 1. The van der Waals surface area contributed by atoms with Gasteiger partial charge in [0.05, 0.1) is 12.1 Å². The molecule has 3 amide bonds. The fourth-order valence-corrected chi connectivity index (χ4v) is 4.03. The van der Waals surface area contributed by atoms with Crippen molar-refractivity contribution >= 4 is 35.7 Å². The maximum absolute atomic E-state index is 12.9. The highest BCUT2D eigenvalue weighted by Crippen LogP contribution is 2.14. The number of ketones is 1. The van der Waals surface area contributed by atoms with E-state index in [-0.39, 0.29) is 31.0 Å². The first-order valence-corrected chi connectivity index (χ1v) is 15.3. The van der Waals surface area contributed by atoms with E-state index in [2.05, 4.69) is 16.0 Å². The summed E-state index contributed by atoms with van der Waals surface area (Å²) in [6.07, 6.45) is 5.71. The summed E-state index contributed by atoms with van der Waals surface area (Å²) >= 11 is 0. The minimum Gasteiger partial charge on any atom is -0.460 e. The molecule has 0 aliphatic heterocycles. The molecule has 11 nitrogen and oxygen atoms in total. The van der Waals surface area contributed by atoms with Gasteiger partial charge in [-0.05, 0) is 79.2 Å². The second kappa shape index (κ2) is 18.8. The molecule has 0 fully saturated rings. The number of hydrogen-bond donors (Lipinski definition) is 4. The molecule has 0 aliphatic rings. The number of rotatable bonds is 17. The number of urea groups is 1. The molecule has 1 aromatic carbocycles. The lowest BCUT2D eigenvalue weighted by Crippen LogP contribution is -2.52. The molecular formula is C33H52N4O7. The van der Waals surface area contributed by atoms with Crippen LogP contribution in [0.4, 0.5) is 4.79 Å². The van der Waals surface area contributed by atoms with Crippen molar-refractivity contribution in [3.05, 3.63) is 42.0 Å². The Bertz CT molecular complexity index is 1110. The molecule has 1 rings (SSSR count). The number of hydrogen-bond acceptors (Lipinski definition) is 8. The lowest BCUT2D eigenvalue weighted by Gasteiger charge is -2.26. The molecule has 11 heteroatoms. The minimum atomic E-state index is -1.12. The SMILES string of the molecule is CCC(=O)[C@H](CCCCNC(=O)[C@@H](N)C/C=C/c1ccccc1)NC(=O)N[C@@H](CCC(=O)OC(C)(C)C)C(=O)OC(C)(C)C. The van der Waals surface area contributed by atoms with Gasteiger partial charge in [-0.3, -0.25) is 14.4 Å². The summed E-state index contributed by atoms with van der Waals surface area (Å²) in [7, 11) is 0. The van der Waals surface area contributed by atoms with Crippen molar-refractivity contribution in [2.75, 3.05) is 6.54 Å². The molecule has 0 radical (unpaired) electrons. The lowest BCUT2D eigenvalue weighted by molar-refractivity contribution is -0.158. The van der Waals surface area contributed by atoms with Crippen LogP contribution in [-0.4, -0.2) is 65.5 Å². The van der Waals surface area contributed by atoms with Crippen molar-refractivity contribution in [2.24, 2.45) is 5.73 Å². The number of esters is 2. The molecule has 0 spiro atoms. The van der Waals surface area contributed by atoms with E-state index >= 15 is 0 Å². The number of carbonyl (C=O) groups is 5. The van der Waals surface area contributed by atoms with Gasteiger partial charge in [-0.1, -0.05) is 49.4 Å². The highest BCUT2D eigenvalue weighted by molar-refractivity contribution is 5.90. The molecule has 44 heavy (non-hydrogen) atoms. The summed E-state index contributed by atoms with van der Waals surface area (Å²) in [5.74, 6) is -1.64. The molecule has 0 aliphatic carbocycles. The molecule has 1 aromatic rings. The lowest BCUT2D eigenvalue weighted by atomic mass is 10.0. The molecule has 5 N–H and O–H groups in total. The van der Waals surface area contributed by atoms with E-state index in [1.807, 2.05) is 42.5 Å². The first kappa shape index (κ1) is 38.3. The average Bonchev–Trinajstić information content (AvgIpc) is 2.92. The fourth-order valence-electron chi connectivity index (χ4n) is 4.03. The van der Waals surface area contributed by atoms with Gasteiger partial charge in [0.1, 0.15) is 17.2 Å². The van der Waals surface area contributed by atoms with E-state index in [9.17, 15) is 24.0 Å². The van der Waals surface area contributed by atoms with Crippen LogP contribution in [-0.2, 0) is 28.7 Å². The third kappa shape index (κ3) is 17.4. The van der Waals surface area contributed by atoms with Crippen LogP contribution in [0.5, 0.6) is 0 Å². The van der Waals surface area contributed by atoms with E-state index < -0.39 is 47.3 Å². The van der Waals surface area contributed by atoms with Crippen LogP contribution in [0.1, 0.15) is 99.0 Å². The number of amides is 3. The highest BCUT2D eigenvalue weighted by Gasteiger charge is 2.29. The standard InChI is InChI=1S/C33H52N4O7/c1-8-27(38)25(19-12-13-22-35-29(40)24(34)18-14-17-23-15-10-9-11-16-23)36-31(42)37-26(30(41)44-33(5,6)7)20-21-28(39)43-32(2,3)4/h9-11,14-17,24-26H,8,12-13,18-22,34H2,1-7H3,(H,35,40)(H2,36,37,42)/b17-14+/t24-,25-,26-/m0/s1. The van der Waals surface area contributed by atoms with Crippen LogP contribution in [0, 0.1) is 0 Å². The second-order valence-corrected chi connectivity index (χ2v) is 12.6. The Balaban J connectivity index is 2.62. The largest absolute Gasteiger partial charge is 0.460 e. The van der Waals surface area contributed by atoms with Gasteiger partial charge < -0.3 is 31.2 Å². The maximum Gasteiger partial charge on any atom is 0.329 e. The fraction of sp³-hybridized carbons (Fsp3) is 0.606. The highest BCUT2D eigenvalue weighted by atomic mass is 16.6. The van der Waals surface area contributed by atoms with Crippen LogP contribution in [0.15, 0.2) is 36.4 Å². The third-order valence-electron chi connectivity index (χ3n) is 6.15. The van der Waals surface area contributed by atoms with E-state index in [1.165, 1.54) is 0 Å². The molecule has 0 unspecified atom stereocenters. The average molecular weight is 617 g/mol. The van der Waals surface area contributed by atoms with Crippen LogP contribution in [0.2, 0.25) is 0 Å². The molecular weight excluding hydrogens is 564 g/mol. The van der Waals surface area contributed by atoms with E-state index in [1.54, 1.807) is 48.5 Å². The van der Waals surface area contributed by atoms with Gasteiger partial charge >= 0.3 is 18.0 Å². The molecule has 0 heterocycles. The molecule has 3 atom stereocenters. The number of benzene rings is 1. The van der Waals surface area contributed by atoms with Gasteiger partial charge in [-0.15, -0.1) is 0 Å². The summed E-state index contributed by atoms with van der Waals surface area (Å²) < 4.78 is 10.7. The summed E-state index contributed by atoms with van der Waals surface area (Å²) in [4.78, 5) is 62.8. The van der Waals surface area contributed by atoms with Gasteiger partial charge in [0.2, 0.25) is 5.91 Å². The number of nitrogens with two attached hydrogens (primary N) is 1. The van der Waals surface area contributed by atoms with Crippen LogP contribution in [0.25, 0.3) is 6.08 Å². The van der Waals surface area contributed by atoms with Gasteiger partial charge in [-0.2, -0.15) is 0 Å². The van der Waals surface area contributed by atoms with E-state index in [4.69, 9.17) is 15.2 Å². The zero-order chi connectivity index (χ0) is 33.3. The number of nitrogens with one attached hydrogen (secondary N) is 3. The Morgan fingerprint density at radius 3 is 2.07 bits per heavy atom. The molecule has 0 aromatic heterocycles. The third-order valence-corrected chi connectivity index (χ3v) is 6.15. The summed E-state index contributed by atoms with van der Waals surface area (Å²) in [6.45, 7) is 12.4. The first-order chi connectivity index (χ1) is 20.5. The maximum atomic E-state index is 12.9. The zero-order valence-corrected chi connectivity index (χ0v) is 27.4. The van der Waals surface area contributed by atoms with E-state index in [0.29, 0.717) is 32.2 Å². The van der Waals surface area contributed by atoms with Crippen LogP contribution >= 0.6 is 0 Å². The molecule has 0 saturated heterocycles. The van der Waals surface area contributed by atoms with Crippen molar-refractivity contribution in [1.29, 1.82) is 0 Å². The number of carbonyl (C=O) groups excluding carboxylic acids is 5. The van der Waals surface area contributed by atoms with Crippen molar-refractivity contribution in [3.63, 3.8) is 0 Å². The van der Waals surface area contributed by atoms with Crippen molar-refractivity contribution in [2.45, 2.75) is 123 Å². The smallest absolute Gasteiger partial charge is 0.329 e. The Hall–Kier alpha value is -3.73. The predicted octanol–water partition coefficient (Wildman–Crippen LogP) is 4.18. The molecule has 246 valence electrons. The van der Waals surface area contributed by atoms with Crippen molar-refractivity contribution in [3.8, 4) is 0 Å². The van der Waals surface area contributed by atoms with Gasteiger partial charge in [0.15, 0.2) is 5.78 Å². The number of ether oxygens (including phenoxy) is 2. The Morgan fingerprint density at radius 1 is 0.864 bits per heavy atom. The molecule has 0 saturated carbocycles. The summed E-state index contributed by atoms with van der Waals surface area (Å²) in [6, 6.07) is 6.41. The number of unbranched alkanes of at least 4 members (excludes halogenated alkanes) is 1. The zero-order valence-electron chi connectivity index (χ0n) is 27.4. The monoisotopic (exact) mass is 616 g/mol. The van der Waals surface area contributed by atoms with Gasteiger partial charge in [0.25, 0.3) is 0 Å². The summed E-state index contributed by atoms with van der Waals surface area (Å²) in [5.41, 5.74) is 5.53. The Morgan fingerprint density at radius 2 is 1.48 bits per heavy atom. The quantitative estimate of drug-likeness (QED) is 0.149. The van der Waals surface area contributed by atoms with Gasteiger partial charge in [-0.25, -0.2) is 9.59 Å². The van der Waals surface area contributed by atoms with Gasteiger partial charge in [0, 0.05) is 19.4 Å². The predicted molar refractivity (Wildman–Crippen MR) is 170 cm³/mol. The topological polar surface area (TPSA) is 166 Å². The van der Waals surface area contributed by atoms with E-state index in [0.717, 1.165) is 5.56 Å². The normalized spacial score (nSPS) is 13.8. The molecule has 0 bridgehead atoms. The Labute approximate surface area is 262 Å².